The second-order valence-corrected chi connectivity index (χ2v) is 4.24. The Hall–Kier alpha value is -0.780. The molecule has 0 nitrogen and oxygen atoms in total. The van der Waals surface area contributed by atoms with Gasteiger partial charge in [0.2, 0.25) is 0 Å². The highest BCUT2D eigenvalue weighted by Gasteiger charge is 2.21. The lowest BCUT2D eigenvalue weighted by molar-refractivity contribution is 0.433. The lowest BCUT2D eigenvalue weighted by atomic mass is 9.77. The van der Waals surface area contributed by atoms with Crippen LogP contribution in [-0.2, 0) is 6.42 Å². The fourth-order valence-corrected chi connectivity index (χ4v) is 2.26. The van der Waals surface area contributed by atoms with Crippen molar-refractivity contribution in [1.29, 1.82) is 0 Å². The Morgan fingerprint density at radius 1 is 1.38 bits per heavy atom. The van der Waals surface area contributed by atoms with E-state index in [4.69, 9.17) is 1.37 Å². The van der Waals surface area contributed by atoms with Crippen molar-refractivity contribution in [2.75, 3.05) is 0 Å². The monoisotopic (exact) mass is 176 g/mol. The molecule has 2 unspecified atom stereocenters. The number of fused-ring (bicyclic) bond motifs is 1. The van der Waals surface area contributed by atoms with Crippen LogP contribution in [0.1, 0.15) is 45.1 Å². The van der Waals surface area contributed by atoms with Gasteiger partial charge in [-0.1, -0.05) is 38.1 Å². The number of aryl methyl sites for hydroxylation is 1. The third kappa shape index (κ3) is 1.63. The van der Waals surface area contributed by atoms with Gasteiger partial charge < -0.3 is 0 Å². The van der Waals surface area contributed by atoms with Crippen LogP contribution in [0.5, 0.6) is 0 Å². The average molecular weight is 176 g/mol. The van der Waals surface area contributed by atoms with Crippen LogP contribution in [0.25, 0.3) is 0 Å². The summed E-state index contributed by atoms with van der Waals surface area (Å²) in [6.45, 7) is 4.46. The van der Waals surface area contributed by atoms with Crippen molar-refractivity contribution in [3.05, 3.63) is 35.4 Å². The molecule has 2 atom stereocenters. The summed E-state index contributed by atoms with van der Waals surface area (Å²) in [7, 11) is 0. The summed E-state index contributed by atoms with van der Waals surface area (Å²) in [5, 5.41) is 0. The molecular formula is C13H18. The minimum atomic E-state index is 0.102. The van der Waals surface area contributed by atoms with Crippen LogP contribution in [0.15, 0.2) is 24.3 Å². The van der Waals surface area contributed by atoms with Gasteiger partial charge in [0.15, 0.2) is 0 Å². The van der Waals surface area contributed by atoms with E-state index >= 15 is 0 Å². The molecule has 0 aliphatic heterocycles. The molecule has 0 saturated heterocycles. The van der Waals surface area contributed by atoms with Crippen molar-refractivity contribution >= 4 is 0 Å². The molecule has 1 aromatic rings. The lowest BCUT2D eigenvalue weighted by Crippen LogP contribution is -2.14. The zero-order chi connectivity index (χ0) is 10.1. The van der Waals surface area contributed by atoms with Crippen molar-refractivity contribution in [2.24, 2.45) is 5.92 Å². The highest BCUT2D eigenvalue weighted by Crippen LogP contribution is 2.36. The molecule has 13 heavy (non-hydrogen) atoms. The second kappa shape index (κ2) is 3.53. The predicted octanol–water partition coefficient (Wildman–Crippen LogP) is 3.76. The van der Waals surface area contributed by atoms with Crippen LogP contribution < -0.4 is 0 Å². The summed E-state index contributed by atoms with van der Waals surface area (Å²) in [5.41, 5.74) is 2.89. The molecule has 0 heteroatoms. The van der Waals surface area contributed by atoms with Crippen molar-refractivity contribution < 1.29 is 1.37 Å². The maximum absolute atomic E-state index is 8.09. The van der Waals surface area contributed by atoms with Crippen molar-refractivity contribution in [2.45, 2.75) is 39.0 Å². The van der Waals surface area contributed by atoms with E-state index in [1.165, 1.54) is 11.1 Å². The smallest absolute Gasteiger partial charge is 0.0273 e. The molecule has 0 fully saturated rings. The van der Waals surface area contributed by atoms with Crippen LogP contribution in [0.2, 0.25) is 0 Å². The Bertz CT molecular complexity index is 317. The fraction of sp³-hybridized carbons (Fsp3) is 0.538. The second-order valence-electron chi connectivity index (χ2n) is 4.24. The molecule has 1 aliphatic carbocycles. The van der Waals surface area contributed by atoms with Gasteiger partial charge in [0, 0.05) is 1.37 Å². The lowest BCUT2D eigenvalue weighted by Gasteiger charge is -2.28. The van der Waals surface area contributed by atoms with E-state index in [0.29, 0.717) is 11.8 Å². The average Bonchev–Trinajstić information content (AvgIpc) is 2.17. The first-order chi connectivity index (χ1) is 6.70. The highest BCUT2D eigenvalue weighted by molar-refractivity contribution is 5.32. The van der Waals surface area contributed by atoms with Crippen LogP contribution in [0, 0.1) is 5.92 Å². The standard InChI is InChI=1S/C13H18/c1-10(2)12-9-5-7-11-6-3-4-8-13(11)12/h3-4,6,8,10,12H,5,7,9H2,1-2H3/i9T. The first-order valence-corrected chi connectivity index (χ1v) is 5.20. The van der Waals surface area contributed by atoms with E-state index in [1.807, 2.05) is 0 Å². The zero-order valence-corrected chi connectivity index (χ0v) is 8.46. The van der Waals surface area contributed by atoms with Gasteiger partial charge in [0.1, 0.15) is 0 Å². The third-order valence-electron chi connectivity index (χ3n) is 2.97. The van der Waals surface area contributed by atoms with E-state index in [1.54, 1.807) is 0 Å². The first-order valence-electron chi connectivity index (χ1n) is 5.78. The summed E-state index contributed by atoms with van der Waals surface area (Å²) >= 11 is 0. The summed E-state index contributed by atoms with van der Waals surface area (Å²) < 4.78 is 8.09. The van der Waals surface area contributed by atoms with Crippen molar-refractivity contribution in [3.63, 3.8) is 0 Å². The Morgan fingerprint density at radius 3 is 2.92 bits per heavy atom. The first kappa shape index (κ1) is 7.61. The Labute approximate surface area is 82.4 Å². The molecule has 1 aliphatic rings. The van der Waals surface area contributed by atoms with Gasteiger partial charge in [-0.2, -0.15) is 0 Å². The van der Waals surface area contributed by atoms with Gasteiger partial charge in [-0.25, -0.2) is 0 Å². The summed E-state index contributed by atoms with van der Waals surface area (Å²) in [6.07, 6.45) is 2.22. The van der Waals surface area contributed by atoms with Gasteiger partial charge in [-0.15, -0.1) is 0 Å². The summed E-state index contributed by atoms with van der Waals surface area (Å²) in [5.74, 6) is 1.03. The maximum Gasteiger partial charge on any atom is 0.0273 e. The molecular weight excluding hydrogens is 156 g/mol. The van der Waals surface area contributed by atoms with E-state index in [9.17, 15) is 0 Å². The molecule has 0 aromatic heterocycles. The van der Waals surface area contributed by atoms with E-state index in [0.717, 1.165) is 12.8 Å². The van der Waals surface area contributed by atoms with Crippen LogP contribution in [0.3, 0.4) is 0 Å². The van der Waals surface area contributed by atoms with E-state index < -0.39 is 0 Å². The van der Waals surface area contributed by atoms with Crippen molar-refractivity contribution in [1.82, 2.24) is 0 Å². The largest absolute Gasteiger partial charge is 0.0622 e. The summed E-state index contributed by atoms with van der Waals surface area (Å²) in [4.78, 5) is 0. The number of hydrogen-bond donors (Lipinski definition) is 0. The van der Waals surface area contributed by atoms with E-state index in [-0.39, 0.29) is 6.40 Å². The SMILES string of the molecule is [3H]C1CCc2ccccc2C1C(C)C. The molecule has 0 N–H and O–H groups in total. The Balaban J connectivity index is 2.41. The molecule has 0 spiro atoms. The summed E-state index contributed by atoms with van der Waals surface area (Å²) in [6, 6.07) is 8.64. The molecule has 70 valence electrons. The predicted molar refractivity (Wildman–Crippen MR) is 57.0 cm³/mol. The topological polar surface area (TPSA) is 0 Å². The highest BCUT2D eigenvalue weighted by atomic mass is 14.3. The zero-order valence-electron chi connectivity index (χ0n) is 9.46. The van der Waals surface area contributed by atoms with Crippen molar-refractivity contribution in [3.8, 4) is 0 Å². The van der Waals surface area contributed by atoms with Crippen LogP contribution in [0.4, 0.5) is 0 Å². The van der Waals surface area contributed by atoms with Crippen LogP contribution >= 0.6 is 0 Å². The molecule has 0 amide bonds. The quantitative estimate of drug-likeness (QED) is 0.611. The number of hydrogen-bond acceptors (Lipinski definition) is 0. The molecule has 0 radical (unpaired) electrons. The Morgan fingerprint density at radius 2 is 2.15 bits per heavy atom. The van der Waals surface area contributed by atoms with E-state index in [2.05, 4.69) is 38.1 Å². The number of rotatable bonds is 1. The van der Waals surface area contributed by atoms with Gasteiger partial charge in [0.05, 0.1) is 0 Å². The number of benzene rings is 1. The molecule has 0 heterocycles. The third-order valence-corrected chi connectivity index (χ3v) is 2.97. The molecule has 2 rings (SSSR count). The van der Waals surface area contributed by atoms with Gasteiger partial charge in [0.25, 0.3) is 0 Å². The normalized spacial score (nSPS) is 28.4. The van der Waals surface area contributed by atoms with Gasteiger partial charge >= 0.3 is 0 Å². The minimum Gasteiger partial charge on any atom is -0.0622 e. The maximum atomic E-state index is 8.09. The fourth-order valence-electron chi connectivity index (χ4n) is 2.26. The van der Waals surface area contributed by atoms with Gasteiger partial charge in [-0.3, -0.25) is 0 Å². The molecule has 0 bridgehead atoms. The van der Waals surface area contributed by atoms with Crippen LogP contribution in [-0.4, -0.2) is 0 Å². The Kier molecular flexibility index (Phi) is 2.07. The minimum absolute atomic E-state index is 0.102. The molecule has 0 saturated carbocycles. The molecule has 1 aromatic carbocycles. The van der Waals surface area contributed by atoms with Gasteiger partial charge in [-0.05, 0) is 42.2 Å².